The average Bonchev–Trinajstić information content (AvgIpc) is 3.06. The number of nitrogens with one attached hydrogen (secondary N) is 2. The number of hydrogen-bond acceptors (Lipinski definition) is 5. The Morgan fingerprint density at radius 3 is 2.62 bits per heavy atom. The molecule has 0 aliphatic carbocycles. The number of benzene rings is 1. The second-order valence-corrected chi connectivity index (χ2v) is 5.69. The second-order valence-electron chi connectivity index (χ2n) is 5.69. The summed E-state index contributed by atoms with van der Waals surface area (Å²) in [5.41, 5.74) is 4.07. The molecule has 26 heavy (non-hydrogen) atoms. The maximum Gasteiger partial charge on any atom is 0.271 e. The summed E-state index contributed by atoms with van der Waals surface area (Å²) >= 11 is 0. The molecule has 2 aromatic heterocycles. The molecule has 0 saturated carbocycles. The Morgan fingerprint density at radius 2 is 1.96 bits per heavy atom. The van der Waals surface area contributed by atoms with E-state index in [4.69, 9.17) is 4.74 Å². The summed E-state index contributed by atoms with van der Waals surface area (Å²) < 4.78 is 6.63. The molecule has 0 aliphatic rings. The average molecular weight is 353 g/mol. The molecule has 0 saturated heterocycles. The molecule has 0 fully saturated rings. The van der Waals surface area contributed by atoms with Gasteiger partial charge >= 0.3 is 0 Å². The number of hydrogen-bond donors (Lipinski definition) is 2. The first kappa shape index (κ1) is 17.6. The van der Waals surface area contributed by atoms with E-state index in [1.165, 1.54) is 7.11 Å². The lowest BCUT2D eigenvalue weighted by Crippen LogP contribution is -2.20. The molecular formula is C18H19N5O3. The van der Waals surface area contributed by atoms with Crippen LogP contribution in [-0.2, 0) is 9.53 Å². The molecule has 134 valence electrons. The number of ether oxygens (including phenoxy) is 1. The highest BCUT2D eigenvalue weighted by Crippen LogP contribution is 2.24. The fraction of sp³-hybridized carbons (Fsp3) is 0.222. The van der Waals surface area contributed by atoms with Crippen LogP contribution in [0.5, 0.6) is 0 Å². The van der Waals surface area contributed by atoms with Gasteiger partial charge in [-0.25, -0.2) is 9.97 Å². The van der Waals surface area contributed by atoms with Crippen LogP contribution in [0.2, 0.25) is 0 Å². The van der Waals surface area contributed by atoms with Crippen molar-refractivity contribution in [3.63, 3.8) is 0 Å². The molecule has 8 heteroatoms. The van der Waals surface area contributed by atoms with E-state index >= 15 is 0 Å². The lowest BCUT2D eigenvalue weighted by molar-refractivity contribution is -0.119. The number of amides is 2. The van der Waals surface area contributed by atoms with Crippen LogP contribution < -0.4 is 10.6 Å². The SMILES string of the molecule is CNC(=O)c1cn2c(-c3ccc(NC(=O)COC)cc3)cnc2c(C)n1. The number of methoxy groups -OCH3 is 1. The lowest BCUT2D eigenvalue weighted by Gasteiger charge is -2.08. The highest BCUT2D eigenvalue weighted by molar-refractivity contribution is 5.92. The number of carbonyl (C=O) groups excluding carboxylic acids is 2. The van der Waals surface area contributed by atoms with E-state index in [2.05, 4.69) is 20.6 Å². The number of fused-ring (bicyclic) bond motifs is 1. The summed E-state index contributed by atoms with van der Waals surface area (Å²) in [6, 6.07) is 7.36. The molecule has 3 aromatic rings. The molecule has 0 radical (unpaired) electrons. The maximum atomic E-state index is 11.9. The van der Waals surface area contributed by atoms with Crippen LogP contribution in [-0.4, -0.2) is 46.9 Å². The van der Waals surface area contributed by atoms with Gasteiger partial charge in [-0.2, -0.15) is 0 Å². The first-order chi connectivity index (χ1) is 12.5. The fourth-order valence-corrected chi connectivity index (χ4v) is 2.64. The van der Waals surface area contributed by atoms with Gasteiger partial charge in [0.15, 0.2) is 5.65 Å². The summed E-state index contributed by atoms with van der Waals surface area (Å²) in [6.45, 7) is 1.82. The monoisotopic (exact) mass is 353 g/mol. The van der Waals surface area contributed by atoms with Crippen molar-refractivity contribution >= 4 is 23.1 Å². The van der Waals surface area contributed by atoms with Gasteiger partial charge < -0.3 is 15.4 Å². The largest absolute Gasteiger partial charge is 0.375 e. The molecule has 0 spiro atoms. The topological polar surface area (TPSA) is 97.6 Å². The third kappa shape index (κ3) is 3.40. The van der Waals surface area contributed by atoms with E-state index in [0.29, 0.717) is 22.7 Å². The number of aromatic nitrogens is 3. The highest BCUT2D eigenvalue weighted by atomic mass is 16.5. The van der Waals surface area contributed by atoms with E-state index in [0.717, 1.165) is 11.3 Å². The summed E-state index contributed by atoms with van der Waals surface area (Å²) in [5.74, 6) is -0.474. The molecule has 0 bridgehead atoms. The summed E-state index contributed by atoms with van der Waals surface area (Å²) in [7, 11) is 3.03. The van der Waals surface area contributed by atoms with Gasteiger partial charge in [-0.15, -0.1) is 0 Å². The molecule has 2 heterocycles. The molecule has 0 aliphatic heterocycles. The van der Waals surface area contributed by atoms with Crippen LogP contribution in [0.25, 0.3) is 16.9 Å². The summed E-state index contributed by atoms with van der Waals surface area (Å²) in [5, 5.41) is 5.32. The Kier molecular flexibility index (Phi) is 4.94. The number of rotatable bonds is 5. The minimum Gasteiger partial charge on any atom is -0.375 e. The van der Waals surface area contributed by atoms with Crippen molar-refractivity contribution in [3.8, 4) is 11.3 Å². The van der Waals surface area contributed by atoms with Gasteiger partial charge in [-0.3, -0.25) is 14.0 Å². The quantitative estimate of drug-likeness (QED) is 0.727. The Bertz CT molecular complexity index is 963. The van der Waals surface area contributed by atoms with Crippen molar-refractivity contribution < 1.29 is 14.3 Å². The van der Waals surface area contributed by atoms with E-state index in [9.17, 15) is 9.59 Å². The minimum atomic E-state index is -0.258. The van der Waals surface area contributed by atoms with Gasteiger partial charge in [-0.05, 0) is 19.1 Å². The van der Waals surface area contributed by atoms with Crippen molar-refractivity contribution in [1.82, 2.24) is 19.7 Å². The van der Waals surface area contributed by atoms with E-state index in [1.807, 2.05) is 23.5 Å². The van der Waals surface area contributed by atoms with Gasteiger partial charge in [-0.1, -0.05) is 12.1 Å². The third-order valence-corrected chi connectivity index (χ3v) is 3.86. The molecule has 0 unspecified atom stereocenters. The van der Waals surface area contributed by atoms with Gasteiger partial charge in [0.05, 0.1) is 17.6 Å². The van der Waals surface area contributed by atoms with Gasteiger partial charge in [0, 0.05) is 31.6 Å². The highest BCUT2D eigenvalue weighted by Gasteiger charge is 2.13. The van der Waals surface area contributed by atoms with Crippen LogP contribution in [0.15, 0.2) is 36.7 Å². The van der Waals surface area contributed by atoms with Crippen molar-refractivity contribution in [2.75, 3.05) is 26.1 Å². The molecule has 3 rings (SSSR count). The lowest BCUT2D eigenvalue weighted by atomic mass is 10.1. The van der Waals surface area contributed by atoms with Crippen molar-refractivity contribution in [2.24, 2.45) is 0 Å². The number of aryl methyl sites for hydroxylation is 1. The Hall–Kier alpha value is -3.26. The smallest absolute Gasteiger partial charge is 0.271 e. The minimum absolute atomic E-state index is 0.00353. The number of anilines is 1. The van der Waals surface area contributed by atoms with E-state index in [-0.39, 0.29) is 18.4 Å². The molecule has 2 amide bonds. The van der Waals surface area contributed by atoms with Crippen molar-refractivity contribution in [2.45, 2.75) is 6.92 Å². The van der Waals surface area contributed by atoms with Crippen LogP contribution in [0, 0.1) is 6.92 Å². The van der Waals surface area contributed by atoms with Crippen LogP contribution in [0.3, 0.4) is 0 Å². The first-order valence-corrected chi connectivity index (χ1v) is 7.99. The Balaban J connectivity index is 1.96. The zero-order chi connectivity index (χ0) is 18.7. The van der Waals surface area contributed by atoms with Crippen LogP contribution in [0.1, 0.15) is 16.2 Å². The zero-order valence-electron chi connectivity index (χ0n) is 14.7. The van der Waals surface area contributed by atoms with Crippen molar-refractivity contribution in [3.05, 3.63) is 48.0 Å². The van der Waals surface area contributed by atoms with Gasteiger partial charge in [0.2, 0.25) is 5.91 Å². The summed E-state index contributed by atoms with van der Waals surface area (Å²) in [6.07, 6.45) is 3.40. The Morgan fingerprint density at radius 1 is 1.23 bits per heavy atom. The predicted octanol–water partition coefficient (Wildman–Crippen LogP) is 1.65. The van der Waals surface area contributed by atoms with E-state index in [1.54, 1.807) is 31.6 Å². The van der Waals surface area contributed by atoms with Crippen LogP contribution in [0.4, 0.5) is 5.69 Å². The predicted molar refractivity (Wildman–Crippen MR) is 97.1 cm³/mol. The number of nitrogens with zero attached hydrogens (tertiary/aromatic N) is 3. The molecule has 8 nitrogen and oxygen atoms in total. The standard InChI is InChI=1S/C18H19N5O3/c1-11-17-20-8-15(23(17)9-14(21-11)18(25)19-2)12-4-6-13(7-5-12)22-16(24)10-26-3/h4-9H,10H2,1-3H3,(H,19,25)(H,22,24). The van der Waals surface area contributed by atoms with Crippen LogP contribution >= 0.6 is 0 Å². The fourth-order valence-electron chi connectivity index (χ4n) is 2.64. The number of carbonyl (C=O) groups is 2. The molecule has 2 N–H and O–H groups in total. The molecule has 1 aromatic carbocycles. The Labute approximate surface area is 150 Å². The first-order valence-electron chi connectivity index (χ1n) is 7.99. The maximum absolute atomic E-state index is 11.9. The molecular weight excluding hydrogens is 334 g/mol. The number of imidazole rings is 1. The van der Waals surface area contributed by atoms with Gasteiger partial charge in [0.25, 0.3) is 5.91 Å². The van der Waals surface area contributed by atoms with E-state index < -0.39 is 0 Å². The van der Waals surface area contributed by atoms with Crippen molar-refractivity contribution in [1.29, 1.82) is 0 Å². The normalized spacial score (nSPS) is 10.7. The molecule has 0 atom stereocenters. The third-order valence-electron chi connectivity index (χ3n) is 3.86. The zero-order valence-corrected chi connectivity index (χ0v) is 14.7. The second kappa shape index (κ2) is 7.32. The summed E-state index contributed by atoms with van der Waals surface area (Å²) in [4.78, 5) is 32.2. The van der Waals surface area contributed by atoms with Gasteiger partial charge in [0.1, 0.15) is 12.3 Å².